The molecule has 0 aromatic heterocycles. The summed E-state index contributed by atoms with van der Waals surface area (Å²) in [6.45, 7) is 0. The minimum atomic E-state index is 0.361. The van der Waals surface area contributed by atoms with Gasteiger partial charge < -0.3 is 4.74 Å². The lowest BCUT2D eigenvalue weighted by Crippen LogP contribution is -2.55. The summed E-state index contributed by atoms with van der Waals surface area (Å²) < 4.78 is 8.36. The van der Waals surface area contributed by atoms with Crippen LogP contribution >= 0.6 is 47.8 Å². The molecule has 18 heavy (non-hydrogen) atoms. The average molecular weight is 439 g/mol. The standard InChI is InChI=1S/C14H15Br3O/c15-9-4-3-5-10(16)13(9)18-12-8-11(17)14(12)6-1-2-7-14/h3-5,11-12H,1-2,6-8H2. The Morgan fingerprint density at radius 3 is 2.28 bits per heavy atom. The molecule has 0 aliphatic heterocycles. The van der Waals surface area contributed by atoms with Crippen molar-refractivity contribution in [1.29, 1.82) is 0 Å². The van der Waals surface area contributed by atoms with Crippen molar-refractivity contribution in [3.05, 3.63) is 27.1 Å². The van der Waals surface area contributed by atoms with Crippen LogP contribution in [0.3, 0.4) is 0 Å². The second-order valence-electron chi connectivity index (χ2n) is 5.30. The lowest BCUT2D eigenvalue weighted by molar-refractivity contribution is -0.0312. The van der Waals surface area contributed by atoms with E-state index in [2.05, 4.69) is 47.8 Å². The number of hydrogen-bond donors (Lipinski definition) is 0. The van der Waals surface area contributed by atoms with E-state index in [1.54, 1.807) is 0 Å². The van der Waals surface area contributed by atoms with E-state index >= 15 is 0 Å². The maximum absolute atomic E-state index is 6.30. The van der Waals surface area contributed by atoms with Crippen molar-refractivity contribution in [2.24, 2.45) is 5.41 Å². The predicted molar refractivity (Wildman–Crippen MR) is 84.5 cm³/mol. The summed E-state index contributed by atoms with van der Waals surface area (Å²) in [5, 5.41) is 0. The first kappa shape index (κ1) is 13.4. The molecule has 0 heterocycles. The molecule has 2 fully saturated rings. The highest BCUT2D eigenvalue weighted by Crippen LogP contribution is 2.58. The topological polar surface area (TPSA) is 9.23 Å². The largest absolute Gasteiger partial charge is 0.487 e. The van der Waals surface area contributed by atoms with Gasteiger partial charge in [0.2, 0.25) is 0 Å². The molecule has 0 N–H and O–H groups in total. The maximum atomic E-state index is 6.30. The Balaban J connectivity index is 1.81. The molecule has 0 bridgehead atoms. The van der Waals surface area contributed by atoms with Crippen LogP contribution in [0.1, 0.15) is 32.1 Å². The number of halogens is 3. The highest BCUT2D eigenvalue weighted by Gasteiger charge is 2.56. The van der Waals surface area contributed by atoms with Gasteiger partial charge in [0.1, 0.15) is 11.9 Å². The maximum Gasteiger partial charge on any atom is 0.148 e. The summed E-state index contributed by atoms with van der Waals surface area (Å²) in [4.78, 5) is 0.638. The van der Waals surface area contributed by atoms with Gasteiger partial charge in [-0.05, 0) is 63.3 Å². The van der Waals surface area contributed by atoms with Gasteiger partial charge in [-0.3, -0.25) is 0 Å². The average Bonchev–Trinajstić information content (AvgIpc) is 2.84. The van der Waals surface area contributed by atoms with Gasteiger partial charge in [-0.25, -0.2) is 0 Å². The molecule has 1 nitrogen and oxygen atoms in total. The SMILES string of the molecule is Brc1cccc(Br)c1OC1CC(Br)C12CCCC2. The normalized spacial score (nSPS) is 29.3. The van der Waals surface area contributed by atoms with E-state index in [1.165, 1.54) is 25.7 Å². The first-order valence-electron chi connectivity index (χ1n) is 6.38. The second kappa shape index (κ2) is 5.10. The molecule has 1 spiro atoms. The Morgan fingerprint density at radius 2 is 1.72 bits per heavy atom. The van der Waals surface area contributed by atoms with Crippen molar-refractivity contribution in [2.45, 2.75) is 43.0 Å². The van der Waals surface area contributed by atoms with Crippen molar-refractivity contribution in [1.82, 2.24) is 0 Å². The first-order valence-corrected chi connectivity index (χ1v) is 8.88. The van der Waals surface area contributed by atoms with Crippen molar-refractivity contribution in [2.75, 3.05) is 0 Å². The van der Waals surface area contributed by atoms with E-state index in [0.29, 0.717) is 16.3 Å². The molecule has 98 valence electrons. The fourth-order valence-electron chi connectivity index (χ4n) is 3.27. The Morgan fingerprint density at radius 1 is 1.11 bits per heavy atom. The molecule has 0 saturated heterocycles. The molecule has 0 amide bonds. The van der Waals surface area contributed by atoms with Crippen molar-refractivity contribution >= 4 is 47.8 Å². The highest BCUT2D eigenvalue weighted by atomic mass is 79.9. The van der Waals surface area contributed by atoms with E-state index in [0.717, 1.165) is 21.1 Å². The summed E-state index contributed by atoms with van der Waals surface area (Å²) >= 11 is 11.0. The number of hydrogen-bond acceptors (Lipinski definition) is 1. The zero-order chi connectivity index (χ0) is 12.8. The molecular formula is C14H15Br3O. The quantitative estimate of drug-likeness (QED) is 0.539. The van der Waals surface area contributed by atoms with E-state index < -0.39 is 0 Å². The second-order valence-corrected chi connectivity index (χ2v) is 8.11. The lowest BCUT2D eigenvalue weighted by Gasteiger charge is -2.51. The lowest BCUT2D eigenvalue weighted by atomic mass is 9.64. The zero-order valence-corrected chi connectivity index (χ0v) is 14.7. The molecule has 2 atom stereocenters. The van der Waals surface area contributed by atoms with Crippen LogP contribution in [0.5, 0.6) is 5.75 Å². The van der Waals surface area contributed by atoms with Gasteiger partial charge in [-0.15, -0.1) is 0 Å². The van der Waals surface area contributed by atoms with E-state index in [4.69, 9.17) is 4.74 Å². The number of alkyl halides is 1. The Labute approximate surface area is 133 Å². The van der Waals surface area contributed by atoms with E-state index in [9.17, 15) is 0 Å². The molecule has 1 aromatic rings. The van der Waals surface area contributed by atoms with Gasteiger partial charge in [0, 0.05) is 10.2 Å². The third-order valence-electron chi connectivity index (χ3n) is 4.40. The molecular weight excluding hydrogens is 424 g/mol. The van der Waals surface area contributed by atoms with Crippen LogP contribution in [0.15, 0.2) is 27.1 Å². The molecule has 1 aromatic carbocycles. The summed E-state index contributed by atoms with van der Waals surface area (Å²) in [6, 6.07) is 6.08. The van der Waals surface area contributed by atoms with E-state index in [-0.39, 0.29) is 0 Å². The minimum absolute atomic E-state index is 0.361. The molecule has 4 heteroatoms. The molecule has 0 radical (unpaired) electrons. The van der Waals surface area contributed by atoms with Crippen LogP contribution in [-0.4, -0.2) is 10.9 Å². The molecule has 2 aliphatic carbocycles. The Hall–Kier alpha value is 0.460. The smallest absolute Gasteiger partial charge is 0.148 e. The fraction of sp³-hybridized carbons (Fsp3) is 0.571. The predicted octanol–water partition coefficient (Wildman–Crippen LogP) is 5.69. The highest BCUT2D eigenvalue weighted by molar-refractivity contribution is 9.11. The monoisotopic (exact) mass is 436 g/mol. The van der Waals surface area contributed by atoms with Crippen LogP contribution in [0, 0.1) is 5.41 Å². The summed E-state index contributed by atoms with van der Waals surface area (Å²) in [5.41, 5.74) is 0.384. The van der Waals surface area contributed by atoms with Crippen LogP contribution in [0.2, 0.25) is 0 Å². The van der Waals surface area contributed by atoms with Crippen LogP contribution in [0.4, 0.5) is 0 Å². The number of benzene rings is 1. The van der Waals surface area contributed by atoms with Gasteiger partial charge in [0.05, 0.1) is 8.95 Å². The summed E-state index contributed by atoms with van der Waals surface area (Å²) in [7, 11) is 0. The van der Waals surface area contributed by atoms with Crippen LogP contribution in [-0.2, 0) is 0 Å². The minimum Gasteiger partial charge on any atom is -0.487 e. The van der Waals surface area contributed by atoms with Gasteiger partial charge in [-0.1, -0.05) is 34.8 Å². The Bertz CT molecular complexity index is 434. The fourth-order valence-corrected chi connectivity index (χ4v) is 5.55. The molecule has 2 aliphatic rings. The third-order valence-corrected chi connectivity index (χ3v) is 6.93. The van der Waals surface area contributed by atoms with Crippen LogP contribution < -0.4 is 4.74 Å². The zero-order valence-electron chi connectivity index (χ0n) is 9.96. The van der Waals surface area contributed by atoms with Gasteiger partial charge >= 0.3 is 0 Å². The van der Waals surface area contributed by atoms with Crippen molar-refractivity contribution in [3.63, 3.8) is 0 Å². The molecule has 2 saturated carbocycles. The summed E-state index contributed by atoms with van der Waals surface area (Å²) in [6.07, 6.45) is 6.77. The van der Waals surface area contributed by atoms with E-state index in [1.807, 2.05) is 18.2 Å². The number of ether oxygens (including phenoxy) is 1. The molecule has 3 rings (SSSR count). The Kier molecular flexibility index (Phi) is 3.81. The van der Waals surface area contributed by atoms with Crippen molar-refractivity contribution < 1.29 is 4.74 Å². The third kappa shape index (κ3) is 2.08. The van der Waals surface area contributed by atoms with Gasteiger partial charge in [0.25, 0.3) is 0 Å². The van der Waals surface area contributed by atoms with Gasteiger partial charge in [-0.2, -0.15) is 0 Å². The van der Waals surface area contributed by atoms with Crippen molar-refractivity contribution in [3.8, 4) is 5.75 Å². The van der Waals surface area contributed by atoms with Gasteiger partial charge in [0.15, 0.2) is 0 Å². The molecule has 2 unspecified atom stereocenters. The van der Waals surface area contributed by atoms with Crippen LogP contribution in [0.25, 0.3) is 0 Å². The summed E-state index contributed by atoms with van der Waals surface area (Å²) in [5.74, 6) is 0.952. The first-order chi connectivity index (χ1) is 8.63. The number of rotatable bonds is 2. The number of para-hydroxylation sites is 1.